The molecule has 1 saturated heterocycles. The molecular weight excluding hydrogens is 213 g/mol. The van der Waals surface area contributed by atoms with Crippen LogP contribution < -0.4 is 0 Å². The summed E-state index contributed by atoms with van der Waals surface area (Å²) < 4.78 is 15.7. The first-order valence-electron chi connectivity index (χ1n) is 5.22. The van der Waals surface area contributed by atoms with E-state index >= 15 is 0 Å². The summed E-state index contributed by atoms with van der Waals surface area (Å²) in [6.45, 7) is 8.53. The highest BCUT2D eigenvalue weighted by molar-refractivity contribution is 7.32. The van der Waals surface area contributed by atoms with E-state index in [4.69, 9.17) is 9.42 Å². The second-order valence-corrected chi connectivity index (χ2v) is 6.24. The number of hydrogen-bond acceptors (Lipinski definition) is 3. The van der Waals surface area contributed by atoms with Gasteiger partial charge in [-0.3, -0.25) is 4.90 Å². The van der Waals surface area contributed by atoms with Gasteiger partial charge in [-0.15, -0.1) is 9.42 Å². The summed E-state index contributed by atoms with van der Waals surface area (Å²) in [6.07, 6.45) is 1.45. The number of rotatable bonds is 2. The summed E-state index contributed by atoms with van der Waals surface area (Å²) in [7, 11) is -0.397. The molecule has 1 unspecified atom stereocenters. The summed E-state index contributed by atoms with van der Waals surface area (Å²) in [5.74, 6) is 0. The lowest BCUT2D eigenvalue weighted by atomic mass is 9.79. The van der Waals surface area contributed by atoms with E-state index in [9.17, 15) is 4.57 Å². The minimum absolute atomic E-state index is 0.00222. The van der Waals surface area contributed by atoms with Crippen molar-refractivity contribution in [3.05, 3.63) is 0 Å². The fourth-order valence-corrected chi connectivity index (χ4v) is 2.89. The molecule has 0 radical (unpaired) electrons. The topological polar surface area (TPSA) is 49.8 Å². The first-order chi connectivity index (χ1) is 6.65. The first-order valence-corrected chi connectivity index (χ1v) is 6.35. The molecule has 0 aromatic rings. The van der Waals surface area contributed by atoms with Gasteiger partial charge in [0.25, 0.3) is 0 Å². The third-order valence-corrected chi connectivity index (χ3v) is 3.99. The maximum atomic E-state index is 10.7. The lowest BCUT2D eigenvalue weighted by Crippen LogP contribution is -2.59. The van der Waals surface area contributed by atoms with Crippen LogP contribution in [0.4, 0.5) is 0 Å². The lowest BCUT2D eigenvalue weighted by Gasteiger charge is -2.52. The van der Waals surface area contributed by atoms with Crippen LogP contribution >= 0.6 is 8.25 Å². The van der Waals surface area contributed by atoms with Crippen molar-refractivity contribution in [1.29, 1.82) is 0 Å². The Morgan fingerprint density at radius 2 is 1.67 bits per heavy atom. The molecule has 1 N–H and O–H groups in total. The summed E-state index contributed by atoms with van der Waals surface area (Å²) >= 11 is 0. The van der Waals surface area contributed by atoms with Crippen molar-refractivity contribution in [2.24, 2.45) is 0 Å². The molecule has 1 aliphatic heterocycles. The molecule has 0 amide bonds. The van der Waals surface area contributed by atoms with Crippen molar-refractivity contribution in [3.8, 4) is 0 Å². The molecule has 0 bridgehead atoms. The van der Waals surface area contributed by atoms with Gasteiger partial charge in [-0.25, -0.2) is 0 Å². The molecular formula is C10H21NO3P+. The Bertz CT molecular complexity index is 247. The van der Waals surface area contributed by atoms with Crippen LogP contribution in [0.2, 0.25) is 0 Å². The third-order valence-electron chi connectivity index (χ3n) is 3.51. The van der Waals surface area contributed by atoms with E-state index < -0.39 is 8.25 Å². The molecule has 1 aliphatic rings. The molecule has 4 nitrogen and oxygen atoms in total. The maximum Gasteiger partial charge on any atom is 0.694 e. The number of nitrogens with zero attached hydrogens (tertiary/aromatic N) is 1. The number of hydrogen-bond donors (Lipinski definition) is 1. The van der Waals surface area contributed by atoms with E-state index in [2.05, 4.69) is 39.6 Å². The normalized spacial score (nSPS) is 27.7. The molecule has 0 spiro atoms. The minimum Gasteiger partial charge on any atom is -0.296 e. The predicted octanol–water partition coefficient (Wildman–Crippen LogP) is 2.30. The van der Waals surface area contributed by atoms with Crippen LogP contribution in [0.25, 0.3) is 0 Å². The van der Waals surface area contributed by atoms with Gasteiger partial charge in [-0.1, -0.05) is 0 Å². The Morgan fingerprint density at radius 3 is 2.00 bits per heavy atom. The number of likely N-dealkylation sites (tertiary alicyclic amines) is 1. The van der Waals surface area contributed by atoms with Crippen LogP contribution in [-0.2, 0) is 9.09 Å². The van der Waals surface area contributed by atoms with Crippen molar-refractivity contribution < 1.29 is 14.0 Å². The predicted molar refractivity (Wildman–Crippen MR) is 59.9 cm³/mol. The Hall–Kier alpha value is -0.0200. The van der Waals surface area contributed by atoms with E-state index in [1.165, 1.54) is 0 Å². The van der Waals surface area contributed by atoms with Gasteiger partial charge in [0.2, 0.25) is 0 Å². The SMILES string of the molecule is CN1C(C)(C)CC(O[P+](=O)O)CC1(C)C. The molecule has 5 heteroatoms. The molecule has 0 aromatic heterocycles. The fourth-order valence-electron chi connectivity index (χ4n) is 2.48. The first kappa shape index (κ1) is 13.0. The summed E-state index contributed by atoms with van der Waals surface area (Å²) in [5, 5.41) is 0. The van der Waals surface area contributed by atoms with Gasteiger partial charge in [-0.2, -0.15) is 0 Å². The Kier molecular flexibility index (Phi) is 3.56. The van der Waals surface area contributed by atoms with Crippen molar-refractivity contribution >= 4 is 8.25 Å². The van der Waals surface area contributed by atoms with E-state index in [1.807, 2.05) is 0 Å². The highest BCUT2D eigenvalue weighted by atomic mass is 31.1. The molecule has 88 valence electrons. The standard InChI is InChI=1S/C10H20NO3P/c1-9(2)6-8(14-15(12)13)7-10(3,4)11(9)5/h8H,6-7H2,1-5H3/p+1. The van der Waals surface area contributed by atoms with Crippen LogP contribution in [0.1, 0.15) is 40.5 Å². The summed E-state index contributed by atoms with van der Waals surface area (Å²) in [5.41, 5.74) is -0.00444. The van der Waals surface area contributed by atoms with E-state index in [1.54, 1.807) is 0 Å². The molecule has 1 heterocycles. The fraction of sp³-hybridized carbons (Fsp3) is 1.00. The van der Waals surface area contributed by atoms with Crippen LogP contribution in [-0.4, -0.2) is 34.0 Å². The highest BCUT2D eigenvalue weighted by Crippen LogP contribution is 2.40. The van der Waals surface area contributed by atoms with Crippen LogP contribution in [0.3, 0.4) is 0 Å². The zero-order chi connectivity index (χ0) is 11.9. The zero-order valence-corrected chi connectivity index (χ0v) is 11.0. The van der Waals surface area contributed by atoms with E-state index in [-0.39, 0.29) is 17.2 Å². The van der Waals surface area contributed by atoms with Crippen LogP contribution in [0.15, 0.2) is 0 Å². The third kappa shape index (κ3) is 2.97. The maximum absolute atomic E-state index is 10.7. The van der Waals surface area contributed by atoms with Crippen LogP contribution in [0, 0.1) is 0 Å². The average molecular weight is 234 g/mol. The molecule has 1 atom stereocenters. The smallest absolute Gasteiger partial charge is 0.296 e. The molecule has 1 rings (SSSR count). The molecule has 1 fully saturated rings. The Morgan fingerprint density at radius 1 is 1.27 bits per heavy atom. The second-order valence-electron chi connectivity index (χ2n) is 5.56. The van der Waals surface area contributed by atoms with Crippen molar-refractivity contribution in [1.82, 2.24) is 4.90 Å². The van der Waals surface area contributed by atoms with Gasteiger partial charge in [0.1, 0.15) is 6.10 Å². The van der Waals surface area contributed by atoms with Crippen molar-refractivity contribution in [2.75, 3.05) is 7.05 Å². The lowest BCUT2D eigenvalue weighted by molar-refractivity contribution is -0.0559. The highest BCUT2D eigenvalue weighted by Gasteiger charge is 2.46. The van der Waals surface area contributed by atoms with E-state index in [0.29, 0.717) is 0 Å². The van der Waals surface area contributed by atoms with Crippen LogP contribution in [0.5, 0.6) is 0 Å². The monoisotopic (exact) mass is 234 g/mol. The van der Waals surface area contributed by atoms with Crippen molar-refractivity contribution in [3.63, 3.8) is 0 Å². The zero-order valence-electron chi connectivity index (χ0n) is 10.1. The van der Waals surface area contributed by atoms with E-state index in [0.717, 1.165) is 12.8 Å². The summed E-state index contributed by atoms with van der Waals surface area (Å²) in [4.78, 5) is 11.1. The van der Waals surface area contributed by atoms with Crippen molar-refractivity contribution in [2.45, 2.75) is 57.7 Å². The molecule has 0 saturated carbocycles. The van der Waals surface area contributed by atoms with Gasteiger partial charge in [0, 0.05) is 15.6 Å². The van der Waals surface area contributed by atoms with Gasteiger partial charge >= 0.3 is 8.25 Å². The Balaban J connectivity index is 2.79. The molecule has 15 heavy (non-hydrogen) atoms. The van der Waals surface area contributed by atoms with Gasteiger partial charge in [-0.05, 0) is 47.6 Å². The quantitative estimate of drug-likeness (QED) is 0.745. The minimum atomic E-state index is -2.49. The Labute approximate surface area is 92.6 Å². The van der Waals surface area contributed by atoms with Gasteiger partial charge < -0.3 is 0 Å². The largest absolute Gasteiger partial charge is 0.694 e. The average Bonchev–Trinajstić information content (AvgIpc) is 1.97. The summed E-state index contributed by atoms with van der Waals surface area (Å²) in [6, 6.07) is 0. The second kappa shape index (κ2) is 4.10. The van der Waals surface area contributed by atoms with Gasteiger partial charge in [0.15, 0.2) is 0 Å². The molecule has 0 aromatic carbocycles. The van der Waals surface area contributed by atoms with Gasteiger partial charge in [0.05, 0.1) is 0 Å². The molecule has 0 aliphatic carbocycles. The number of piperidine rings is 1.